The van der Waals surface area contributed by atoms with Crippen LogP contribution in [-0.2, 0) is 0 Å². The Morgan fingerprint density at radius 3 is 0.161 bits per heavy atom. The molecule has 31 heteroatoms. The van der Waals surface area contributed by atoms with Crippen LogP contribution in [0.3, 0.4) is 0 Å². The summed E-state index contributed by atoms with van der Waals surface area (Å²) in [5, 5.41) is 0. The highest BCUT2D eigenvalue weighted by atomic mass is 31.0. The average Bonchev–Trinajstić information content (AvgIpc) is 1.94. The molecule has 200 valence electrons. The first-order valence-corrected chi connectivity index (χ1v) is 5.24. The molecule has 31 heavy (non-hydrogen) atoms. The number of hydrogen-bond acceptors (Lipinski definition) is 0. The molecule has 0 aromatic carbocycles. The molecule has 1 atom stereocenters. The molecule has 0 aromatic heterocycles. The lowest BCUT2D eigenvalue weighted by molar-refractivity contribution is 0.366. The Labute approximate surface area is 158 Å². The molecule has 0 aliphatic carbocycles. The first kappa shape index (κ1) is 47.8. The van der Waals surface area contributed by atoms with Crippen LogP contribution in [0.2, 0.25) is 0 Å². The molecular formula is H3B6F24P-6. The number of halogens is 24. The second-order valence-corrected chi connectivity index (χ2v) is 2.97. The summed E-state index contributed by atoms with van der Waals surface area (Å²) in [6, 6.07) is 0. The van der Waals surface area contributed by atoms with E-state index in [-0.39, 0.29) is 9.90 Å². The van der Waals surface area contributed by atoms with Gasteiger partial charge in [0.15, 0.2) is 0 Å². The van der Waals surface area contributed by atoms with E-state index in [0.717, 1.165) is 0 Å². The Morgan fingerprint density at radius 1 is 0.161 bits per heavy atom. The van der Waals surface area contributed by atoms with Gasteiger partial charge in [-0.25, -0.2) is 0 Å². The van der Waals surface area contributed by atoms with E-state index < -0.39 is 43.5 Å². The molecule has 0 nitrogen and oxygen atoms in total. The maximum Gasteiger partial charge on any atom is 0.673 e. The molecule has 0 rings (SSSR count). The van der Waals surface area contributed by atoms with Gasteiger partial charge in [0.1, 0.15) is 0 Å². The van der Waals surface area contributed by atoms with Gasteiger partial charge in [0.2, 0.25) is 0 Å². The van der Waals surface area contributed by atoms with Gasteiger partial charge in [0, 0.05) is 0 Å². The Morgan fingerprint density at radius 2 is 0.161 bits per heavy atom. The quantitative estimate of drug-likeness (QED) is 0.162. The van der Waals surface area contributed by atoms with Crippen LogP contribution in [0.15, 0.2) is 0 Å². The summed E-state index contributed by atoms with van der Waals surface area (Å²) in [6.07, 6.45) is 0. The van der Waals surface area contributed by atoms with E-state index in [4.69, 9.17) is 0 Å². The zero-order valence-corrected chi connectivity index (χ0v) is 14.7. The largest absolute Gasteiger partial charge is 0.673 e. The van der Waals surface area contributed by atoms with Crippen molar-refractivity contribution in [1.29, 1.82) is 0 Å². The fraction of sp³-hybridized carbons (Fsp3) is 0. The van der Waals surface area contributed by atoms with E-state index in [1.54, 1.807) is 0 Å². The number of rotatable bonds is 0. The molecule has 0 bridgehead atoms. The Kier molecular flexibility index (Phi) is 28.8. The van der Waals surface area contributed by atoms with Crippen LogP contribution in [0.4, 0.5) is 104 Å². The molecule has 1 unspecified atom stereocenters. The van der Waals surface area contributed by atoms with E-state index in [9.17, 15) is 104 Å². The lowest BCUT2D eigenvalue weighted by Crippen LogP contribution is -2.02. The Bertz CT molecular complexity index is 214. The SMILES string of the molecule is F[B-](F)(F)F.F[B-](F)(F)F.F[B-](F)(F)F.F[B-](F)(F)F.F[B-](F)(F)F.F[B-](F)(F)F.P. The molecule has 0 aromatic rings. The lowest BCUT2D eigenvalue weighted by Gasteiger charge is -1.94. The fourth-order valence-corrected chi connectivity index (χ4v) is 0. The van der Waals surface area contributed by atoms with Crippen molar-refractivity contribution in [2.45, 2.75) is 0 Å². The van der Waals surface area contributed by atoms with Crippen LogP contribution >= 0.6 is 9.90 Å². The molecule has 0 fully saturated rings. The molecule has 0 heterocycles. The fourth-order valence-electron chi connectivity index (χ4n) is 0. The highest BCUT2D eigenvalue weighted by Crippen LogP contribution is 2.09. The van der Waals surface area contributed by atoms with Gasteiger partial charge in [-0.15, -0.1) is 0 Å². The van der Waals surface area contributed by atoms with Crippen LogP contribution < -0.4 is 0 Å². The second kappa shape index (κ2) is 18.7. The van der Waals surface area contributed by atoms with E-state index in [0.29, 0.717) is 0 Å². The molecule has 0 aliphatic heterocycles. The molecule has 0 spiro atoms. The van der Waals surface area contributed by atoms with Gasteiger partial charge in [-0.2, -0.15) is 9.90 Å². The smallest absolute Gasteiger partial charge is 0.418 e. The van der Waals surface area contributed by atoms with Crippen molar-refractivity contribution >= 4 is 53.4 Å². The van der Waals surface area contributed by atoms with Gasteiger partial charge in [-0.05, 0) is 0 Å². The first-order chi connectivity index (χ1) is 12.0. The molecular weight excluding hydrogens is 552 g/mol. The third-order valence-corrected chi connectivity index (χ3v) is 0. The Balaban J connectivity index is -0.0000000443. The lowest BCUT2D eigenvalue weighted by atomic mass is 10.3. The monoisotopic (exact) mass is 556 g/mol. The van der Waals surface area contributed by atoms with E-state index in [2.05, 4.69) is 0 Å². The van der Waals surface area contributed by atoms with Crippen LogP contribution in [0.1, 0.15) is 0 Å². The van der Waals surface area contributed by atoms with Crippen molar-refractivity contribution < 1.29 is 104 Å². The minimum Gasteiger partial charge on any atom is -0.418 e. The van der Waals surface area contributed by atoms with Gasteiger partial charge in [0.05, 0.1) is 0 Å². The predicted molar refractivity (Wildman–Crippen MR) is 72.2 cm³/mol. The maximum absolute atomic E-state index is 9.75. The van der Waals surface area contributed by atoms with Crippen molar-refractivity contribution in [3.8, 4) is 0 Å². The minimum absolute atomic E-state index is 0. The average molecular weight is 555 g/mol. The summed E-state index contributed by atoms with van der Waals surface area (Å²) < 4.78 is 234. The van der Waals surface area contributed by atoms with Crippen LogP contribution in [0, 0.1) is 0 Å². The van der Waals surface area contributed by atoms with Gasteiger partial charge in [-0.1, -0.05) is 0 Å². The van der Waals surface area contributed by atoms with Crippen molar-refractivity contribution in [3.63, 3.8) is 0 Å². The highest BCUT2D eigenvalue weighted by molar-refractivity contribution is 6.92. The molecule has 0 radical (unpaired) electrons. The second-order valence-electron chi connectivity index (χ2n) is 2.97. The summed E-state index contributed by atoms with van der Waals surface area (Å²) in [5.74, 6) is 0. The van der Waals surface area contributed by atoms with Gasteiger partial charge < -0.3 is 104 Å². The summed E-state index contributed by atoms with van der Waals surface area (Å²) in [5.41, 5.74) is 0. The van der Waals surface area contributed by atoms with Crippen LogP contribution in [-0.4, -0.2) is 43.5 Å². The summed E-state index contributed by atoms with van der Waals surface area (Å²) in [7, 11) is -36.0. The van der Waals surface area contributed by atoms with Crippen LogP contribution in [0.25, 0.3) is 0 Å². The zero-order chi connectivity index (χ0) is 27.0. The van der Waals surface area contributed by atoms with Gasteiger partial charge in [0.25, 0.3) is 0 Å². The summed E-state index contributed by atoms with van der Waals surface area (Å²) in [4.78, 5) is 0. The molecule has 0 amide bonds. The molecule has 0 N–H and O–H groups in total. The van der Waals surface area contributed by atoms with Crippen molar-refractivity contribution in [1.82, 2.24) is 0 Å². The first-order valence-electron chi connectivity index (χ1n) is 5.24. The standard InChI is InChI=1S/6BF4.H3P/c6*2-1(3,4)5;/h;;;;;;1H3/q6*-1;. The van der Waals surface area contributed by atoms with Crippen molar-refractivity contribution in [2.75, 3.05) is 0 Å². The third kappa shape index (κ3) is 29000. The normalized spacial score (nSPS) is 11.6. The summed E-state index contributed by atoms with van der Waals surface area (Å²) in [6.45, 7) is 0. The topological polar surface area (TPSA) is 0 Å². The summed E-state index contributed by atoms with van der Waals surface area (Å²) >= 11 is 0. The van der Waals surface area contributed by atoms with E-state index >= 15 is 0 Å². The number of hydrogen-bond donors (Lipinski definition) is 0. The predicted octanol–water partition coefficient (Wildman–Crippen LogP) is 7.86. The van der Waals surface area contributed by atoms with Gasteiger partial charge >= 0.3 is 43.5 Å². The van der Waals surface area contributed by atoms with E-state index in [1.165, 1.54) is 0 Å². The van der Waals surface area contributed by atoms with Crippen molar-refractivity contribution in [3.05, 3.63) is 0 Å². The van der Waals surface area contributed by atoms with Crippen LogP contribution in [0.5, 0.6) is 0 Å². The molecule has 0 saturated heterocycles. The maximum atomic E-state index is 9.75. The zero-order valence-electron chi connectivity index (χ0n) is 13.2. The molecule has 0 aliphatic rings. The molecule has 0 saturated carbocycles. The highest BCUT2D eigenvalue weighted by Gasteiger charge is 2.22. The van der Waals surface area contributed by atoms with Gasteiger partial charge in [-0.3, -0.25) is 0 Å². The van der Waals surface area contributed by atoms with Crippen molar-refractivity contribution in [2.24, 2.45) is 0 Å². The third-order valence-electron chi connectivity index (χ3n) is 0. The minimum atomic E-state index is -6.00. The Hall–Kier alpha value is -0.860. The van der Waals surface area contributed by atoms with E-state index in [1.807, 2.05) is 0 Å².